The summed E-state index contributed by atoms with van der Waals surface area (Å²) in [6.45, 7) is 6.40. The Kier molecular flexibility index (Phi) is 7.82. The Balaban J connectivity index is 1.49. The van der Waals surface area contributed by atoms with Crippen LogP contribution in [0.2, 0.25) is 0 Å². The molecule has 0 heterocycles. The Morgan fingerprint density at radius 1 is 0.848 bits per heavy atom. The molecule has 0 saturated heterocycles. The molecule has 3 nitrogen and oxygen atoms in total. The fraction of sp³-hybridized carbons (Fsp3) is 0.207. The van der Waals surface area contributed by atoms with Gasteiger partial charge in [-0.25, -0.2) is 0 Å². The van der Waals surface area contributed by atoms with Gasteiger partial charge in [-0.2, -0.15) is 0 Å². The zero-order valence-corrected chi connectivity index (χ0v) is 20.0. The summed E-state index contributed by atoms with van der Waals surface area (Å²) in [4.78, 5) is 16.8. The van der Waals surface area contributed by atoms with Crippen LogP contribution in [0, 0.1) is 0 Å². The maximum atomic E-state index is 13.3. The van der Waals surface area contributed by atoms with Gasteiger partial charge < -0.3 is 5.32 Å². The highest BCUT2D eigenvalue weighted by Crippen LogP contribution is 2.29. The summed E-state index contributed by atoms with van der Waals surface area (Å²) in [7, 11) is 0. The highest BCUT2D eigenvalue weighted by Gasteiger charge is 2.21. The van der Waals surface area contributed by atoms with E-state index < -0.39 is 0 Å². The number of allylic oxidation sites excluding steroid dienone is 2. The topological polar surface area (TPSA) is 32.3 Å². The van der Waals surface area contributed by atoms with Crippen molar-refractivity contribution in [2.45, 2.75) is 19.9 Å². The third-order valence-electron chi connectivity index (χ3n) is 5.94. The molecular weight excluding hydrogens is 424 g/mol. The molecule has 0 aromatic heterocycles. The lowest BCUT2D eigenvalue weighted by atomic mass is 9.96. The summed E-state index contributed by atoms with van der Waals surface area (Å²) >= 11 is 1.80. The average Bonchev–Trinajstić information content (AvgIpc) is 3.32. The highest BCUT2D eigenvalue weighted by molar-refractivity contribution is 8.03. The van der Waals surface area contributed by atoms with Crippen molar-refractivity contribution in [2.24, 2.45) is 0 Å². The smallest absolute Gasteiger partial charge is 0.252 e. The van der Waals surface area contributed by atoms with Gasteiger partial charge in [-0.3, -0.25) is 9.69 Å². The van der Waals surface area contributed by atoms with Gasteiger partial charge in [0.05, 0.1) is 6.04 Å². The lowest BCUT2D eigenvalue weighted by molar-refractivity contribution is 0.0950. The summed E-state index contributed by atoms with van der Waals surface area (Å²) in [5.41, 5.74) is 5.02. The van der Waals surface area contributed by atoms with Crippen LogP contribution in [-0.4, -0.2) is 35.8 Å². The molecule has 3 aromatic rings. The van der Waals surface area contributed by atoms with Crippen LogP contribution in [0.1, 0.15) is 24.2 Å². The quantitative estimate of drug-likeness (QED) is 0.370. The van der Waals surface area contributed by atoms with E-state index in [1.807, 2.05) is 48.5 Å². The molecule has 0 bridgehead atoms. The van der Waals surface area contributed by atoms with Gasteiger partial charge in [-0.05, 0) is 41.4 Å². The molecule has 4 rings (SSSR count). The summed E-state index contributed by atoms with van der Waals surface area (Å²) < 4.78 is 0. The first-order valence-corrected chi connectivity index (χ1v) is 12.5. The second kappa shape index (κ2) is 11.2. The van der Waals surface area contributed by atoms with E-state index in [1.165, 1.54) is 10.5 Å². The normalized spacial score (nSPS) is 15.0. The van der Waals surface area contributed by atoms with E-state index >= 15 is 0 Å². The second-order valence-corrected chi connectivity index (χ2v) is 8.99. The zero-order chi connectivity index (χ0) is 23.0. The molecule has 0 spiro atoms. The predicted molar refractivity (Wildman–Crippen MR) is 141 cm³/mol. The molecule has 1 atom stereocenters. The van der Waals surface area contributed by atoms with Gasteiger partial charge in [0.25, 0.3) is 5.91 Å². The molecule has 1 N–H and O–H groups in total. The van der Waals surface area contributed by atoms with Crippen LogP contribution in [0.4, 0.5) is 0 Å². The number of nitrogens with one attached hydrogen (secondary N) is 1. The SMILES string of the molecule is CCN(CC)CSC1=CC=CC1NC(=O)c1ccccc1-c1ccc(-c2ccccc2)cc1. The van der Waals surface area contributed by atoms with Crippen molar-refractivity contribution in [3.63, 3.8) is 0 Å². The minimum atomic E-state index is -0.0772. The van der Waals surface area contributed by atoms with Crippen LogP contribution in [0.15, 0.2) is 102 Å². The summed E-state index contributed by atoms with van der Waals surface area (Å²) in [5.74, 6) is 0.876. The van der Waals surface area contributed by atoms with Crippen LogP contribution in [-0.2, 0) is 0 Å². The number of carbonyl (C=O) groups excluding carboxylic acids is 1. The third kappa shape index (κ3) is 5.65. The number of nitrogens with zero attached hydrogens (tertiary/aromatic N) is 1. The molecular formula is C29H30N2OS. The highest BCUT2D eigenvalue weighted by atomic mass is 32.2. The molecule has 33 heavy (non-hydrogen) atoms. The van der Waals surface area contributed by atoms with Gasteiger partial charge in [0.2, 0.25) is 0 Å². The van der Waals surface area contributed by atoms with Crippen molar-refractivity contribution >= 4 is 17.7 Å². The number of hydrogen-bond donors (Lipinski definition) is 1. The van der Waals surface area contributed by atoms with E-state index in [0.29, 0.717) is 5.56 Å². The zero-order valence-electron chi connectivity index (χ0n) is 19.2. The summed E-state index contributed by atoms with van der Waals surface area (Å²) in [5, 5.41) is 3.22. The number of carbonyl (C=O) groups is 1. The van der Waals surface area contributed by atoms with Gasteiger partial charge >= 0.3 is 0 Å². The second-order valence-electron chi connectivity index (χ2n) is 7.97. The van der Waals surface area contributed by atoms with Gasteiger partial charge in [0.15, 0.2) is 0 Å². The lowest BCUT2D eigenvalue weighted by Crippen LogP contribution is -2.34. The minimum Gasteiger partial charge on any atom is -0.341 e. The molecule has 168 valence electrons. The largest absolute Gasteiger partial charge is 0.341 e. The van der Waals surface area contributed by atoms with E-state index in [9.17, 15) is 4.79 Å². The molecule has 1 aliphatic carbocycles. The van der Waals surface area contributed by atoms with E-state index in [1.54, 1.807) is 11.8 Å². The molecule has 4 heteroatoms. The first kappa shape index (κ1) is 23.1. The number of benzene rings is 3. The van der Waals surface area contributed by atoms with Gasteiger partial charge in [-0.15, -0.1) is 11.8 Å². The Hall–Kier alpha value is -3.08. The van der Waals surface area contributed by atoms with E-state index in [-0.39, 0.29) is 11.9 Å². The Bertz CT molecular complexity index is 1130. The standard InChI is InChI=1S/C29H30N2OS/c1-3-31(4-2)21-33-28-16-10-15-27(28)30-29(32)26-14-9-8-13-25(26)24-19-17-23(18-20-24)22-11-6-5-7-12-22/h5-20,27H,3-4,21H2,1-2H3,(H,30,32). The summed E-state index contributed by atoms with van der Waals surface area (Å²) in [6.07, 6.45) is 6.19. The molecule has 1 unspecified atom stereocenters. The van der Waals surface area contributed by atoms with Crippen LogP contribution >= 0.6 is 11.8 Å². The van der Waals surface area contributed by atoms with Crippen molar-refractivity contribution < 1.29 is 4.79 Å². The molecule has 1 aliphatic rings. The molecule has 0 aliphatic heterocycles. The van der Waals surface area contributed by atoms with Crippen molar-refractivity contribution in [3.8, 4) is 22.3 Å². The Labute approximate surface area is 201 Å². The molecule has 1 amide bonds. The predicted octanol–water partition coefficient (Wildman–Crippen LogP) is 6.61. The lowest BCUT2D eigenvalue weighted by Gasteiger charge is -2.21. The molecule has 0 saturated carbocycles. The molecule has 0 fully saturated rings. The number of rotatable bonds is 9. The van der Waals surface area contributed by atoms with E-state index in [2.05, 4.69) is 72.6 Å². The average molecular weight is 455 g/mol. The number of hydrogen-bond acceptors (Lipinski definition) is 3. The monoisotopic (exact) mass is 454 g/mol. The summed E-state index contributed by atoms with van der Waals surface area (Å²) in [6, 6.07) is 26.5. The van der Waals surface area contributed by atoms with Crippen molar-refractivity contribution in [2.75, 3.05) is 19.0 Å². The maximum absolute atomic E-state index is 13.3. The number of thioether (sulfide) groups is 1. The van der Waals surface area contributed by atoms with E-state index in [4.69, 9.17) is 0 Å². The fourth-order valence-electron chi connectivity index (χ4n) is 3.91. The first-order chi connectivity index (χ1) is 16.2. The van der Waals surface area contributed by atoms with Crippen LogP contribution in [0.5, 0.6) is 0 Å². The van der Waals surface area contributed by atoms with Crippen molar-refractivity contribution in [1.29, 1.82) is 0 Å². The Morgan fingerprint density at radius 2 is 1.48 bits per heavy atom. The Morgan fingerprint density at radius 3 is 2.21 bits per heavy atom. The third-order valence-corrected chi connectivity index (χ3v) is 7.16. The van der Waals surface area contributed by atoms with Crippen LogP contribution in [0.3, 0.4) is 0 Å². The first-order valence-electron chi connectivity index (χ1n) is 11.5. The van der Waals surface area contributed by atoms with Crippen LogP contribution in [0.25, 0.3) is 22.3 Å². The van der Waals surface area contributed by atoms with Gasteiger partial charge in [0.1, 0.15) is 0 Å². The van der Waals surface area contributed by atoms with Crippen molar-refractivity contribution in [1.82, 2.24) is 10.2 Å². The van der Waals surface area contributed by atoms with Gasteiger partial charge in [-0.1, -0.05) is 105 Å². The molecule has 3 aromatic carbocycles. The number of amides is 1. The maximum Gasteiger partial charge on any atom is 0.252 e. The fourth-order valence-corrected chi connectivity index (χ4v) is 5.10. The molecule has 0 radical (unpaired) electrons. The van der Waals surface area contributed by atoms with Gasteiger partial charge in [0, 0.05) is 16.3 Å². The minimum absolute atomic E-state index is 0.0522. The van der Waals surface area contributed by atoms with E-state index in [0.717, 1.165) is 35.7 Å². The van der Waals surface area contributed by atoms with Crippen molar-refractivity contribution in [3.05, 3.63) is 108 Å². The van der Waals surface area contributed by atoms with Crippen LogP contribution < -0.4 is 5.32 Å².